The van der Waals surface area contributed by atoms with Crippen molar-refractivity contribution in [2.45, 2.75) is 25.8 Å². The van der Waals surface area contributed by atoms with Gasteiger partial charge in [-0.25, -0.2) is 0 Å². The number of nitrogens with zero attached hydrogens (tertiary/aromatic N) is 4. The second-order valence-electron chi connectivity index (χ2n) is 5.82. The highest BCUT2D eigenvalue weighted by Gasteiger charge is 2.18. The number of amides is 1. The van der Waals surface area contributed by atoms with Crippen LogP contribution in [0.2, 0.25) is 0 Å². The molecule has 2 aromatic heterocycles. The Morgan fingerprint density at radius 3 is 2.68 bits per heavy atom. The summed E-state index contributed by atoms with van der Waals surface area (Å²) in [6, 6.07) is 11.8. The first kappa shape index (κ1) is 16.8. The van der Waals surface area contributed by atoms with Gasteiger partial charge in [-0.15, -0.1) is 0 Å². The fourth-order valence-electron chi connectivity index (χ4n) is 2.79. The SMILES string of the molecule is CCC(C(=O)NCc1cc(-c2cnccn2)nn1C)c1ccccc1. The van der Waals surface area contributed by atoms with Crippen LogP contribution in [0.25, 0.3) is 11.4 Å². The summed E-state index contributed by atoms with van der Waals surface area (Å²) < 4.78 is 1.76. The van der Waals surface area contributed by atoms with E-state index in [2.05, 4.69) is 20.4 Å². The third kappa shape index (κ3) is 3.91. The zero-order chi connectivity index (χ0) is 17.6. The van der Waals surface area contributed by atoms with Gasteiger partial charge < -0.3 is 5.32 Å². The topological polar surface area (TPSA) is 72.7 Å². The van der Waals surface area contributed by atoms with Crippen LogP contribution >= 0.6 is 0 Å². The summed E-state index contributed by atoms with van der Waals surface area (Å²) in [6.07, 6.45) is 5.69. The molecule has 0 aliphatic rings. The lowest BCUT2D eigenvalue weighted by atomic mass is 9.96. The maximum Gasteiger partial charge on any atom is 0.227 e. The van der Waals surface area contributed by atoms with Crippen molar-refractivity contribution in [3.05, 3.63) is 66.2 Å². The van der Waals surface area contributed by atoms with Gasteiger partial charge in [-0.05, 0) is 18.1 Å². The van der Waals surface area contributed by atoms with Crippen molar-refractivity contribution < 1.29 is 4.79 Å². The first-order valence-electron chi connectivity index (χ1n) is 8.31. The van der Waals surface area contributed by atoms with E-state index in [1.807, 2.05) is 50.4 Å². The molecule has 128 valence electrons. The van der Waals surface area contributed by atoms with Gasteiger partial charge in [0.1, 0.15) is 11.4 Å². The number of aromatic nitrogens is 4. The number of hydrogen-bond acceptors (Lipinski definition) is 4. The monoisotopic (exact) mass is 335 g/mol. The molecule has 0 aliphatic heterocycles. The van der Waals surface area contributed by atoms with Gasteiger partial charge in [0.25, 0.3) is 0 Å². The van der Waals surface area contributed by atoms with Crippen LogP contribution in [0.1, 0.15) is 30.5 Å². The molecule has 0 aliphatic carbocycles. The van der Waals surface area contributed by atoms with Crippen molar-refractivity contribution in [1.29, 1.82) is 0 Å². The number of carbonyl (C=O) groups is 1. The Labute approximate surface area is 146 Å². The second kappa shape index (κ2) is 7.70. The third-order valence-corrected chi connectivity index (χ3v) is 4.17. The van der Waals surface area contributed by atoms with E-state index >= 15 is 0 Å². The average molecular weight is 335 g/mol. The van der Waals surface area contributed by atoms with E-state index in [-0.39, 0.29) is 11.8 Å². The number of carbonyl (C=O) groups excluding carboxylic acids is 1. The van der Waals surface area contributed by atoms with E-state index in [9.17, 15) is 4.79 Å². The van der Waals surface area contributed by atoms with E-state index in [4.69, 9.17) is 0 Å². The molecule has 0 radical (unpaired) electrons. The van der Waals surface area contributed by atoms with Crippen molar-refractivity contribution in [3.8, 4) is 11.4 Å². The summed E-state index contributed by atoms with van der Waals surface area (Å²) in [5.74, 6) is -0.121. The highest BCUT2D eigenvalue weighted by atomic mass is 16.1. The Balaban J connectivity index is 1.69. The predicted molar refractivity (Wildman–Crippen MR) is 95.6 cm³/mol. The van der Waals surface area contributed by atoms with Gasteiger partial charge in [0.15, 0.2) is 0 Å². The normalized spacial score (nSPS) is 11.9. The van der Waals surface area contributed by atoms with Gasteiger partial charge in [-0.1, -0.05) is 37.3 Å². The number of aryl methyl sites for hydroxylation is 1. The minimum absolute atomic E-state index is 0.0240. The van der Waals surface area contributed by atoms with E-state index in [1.165, 1.54) is 0 Å². The lowest BCUT2D eigenvalue weighted by Gasteiger charge is -2.15. The summed E-state index contributed by atoms with van der Waals surface area (Å²) in [5.41, 5.74) is 3.41. The summed E-state index contributed by atoms with van der Waals surface area (Å²) >= 11 is 0. The van der Waals surface area contributed by atoms with Crippen LogP contribution in [0.15, 0.2) is 55.0 Å². The number of benzene rings is 1. The van der Waals surface area contributed by atoms with Crippen LogP contribution in [0.5, 0.6) is 0 Å². The molecule has 1 N–H and O–H groups in total. The highest BCUT2D eigenvalue weighted by Crippen LogP contribution is 2.20. The summed E-state index contributed by atoms with van der Waals surface area (Å²) in [5, 5.41) is 7.46. The molecule has 1 atom stereocenters. The van der Waals surface area contributed by atoms with Crippen molar-refractivity contribution in [2.75, 3.05) is 0 Å². The van der Waals surface area contributed by atoms with Gasteiger partial charge in [-0.3, -0.25) is 19.4 Å². The van der Waals surface area contributed by atoms with Gasteiger partial charge >= 0.3 is 0 Å². The molecular weight excluding hydrogens is 314 g/mol. The minimum atomic E-state index is -0.145. The molecule has 3 rings (SSSR count). The van der Waals surface area contributed by atoms with Crippen LogP contribution < -0.4 is 5.32 Å². The molecule has 1 amide bonds. The van der Waals surface area contributed by atoms with Crippen molar-refractivity contribution in [3.63, 3.8) is 0 Å². The summed E-state index contributed by atoms with van der Waals surface area (Å²) in [4.78, 5) is 20.9. The molecule has 2 heterocycles. The predicted octanol–water partition coefficient (Wildman–Crippen LogP) is 2.69. The lowest BCUT2D eigenvalue weighted by molar-refractivity contribution is -0.122. The second-order valence-corrected chi connectivity index (χ2v) is 5.82. The molecule has 0 saturated heterocycles. The Kier molecular flexibility index (Phi) is 5.18. The first-order chi connectivity index (χ1) is 12.2. The van der Waals surface area contributed by atoms with E-state index in [0.717, 1.165) is 23.4 Å². The molecule has 1 aromatic carbocycles. The Morgan fingerprint density at radius 1 is 1.20 bits per heavy atom. The molecule has 0 spiro atoms. The van der Waals surface area contributed by atoms with Crippen LogP contribution in [-0.4, -0.2) is 25.7 Å². The molecular formula is C19H21N5O. The molecule has 1 unspecified atom stereocenters. The fourth-order valence-corrected chi connectivity index (χ4v) is 2.79. The maximum atomic E-state index is 12.6. The quantitative estimate of drug-likeness (QED) is 0.752. The molecule has 6 heteroatoms. The van der Waals surface area contributed by atoms with Crippen LogP contribution in [-0.2, 0) is 18.4 Å². The van der Waals surface area contributed by atoms with E-state index < -0.39 is 0 Å². The third-order valence-electron chi connectivity index (χ3n) is 4.17. The molecule has 0 fully saturated rings. The number of rotatable bonds is 6. The fraction of sp³-hybridized carbons (Fsp3) is 0.263. The lowest BCUT2D eigenvalue weighted by Crippen LogP contribution is -2.29. The summed E-state index contributed by atoms with van der Waals surface area (Å²) in [6.45, 7) is 2.44. The van der Waals surface area contributed by atoms with Gasteiger partial charge in [0.2, 0.25) is 5.91 Å². The largest absolute Gasteiger partial charge is 0.350 e. The zero-order valence-electron chi connectivity index (χ0n) is 14.4. The Morgan fingerprint density at radius 2 is 2.00 bits per heavy atom. The van der Waals surface area contributed by atoms with Crippen molar-refractivity contribution in [1.82, 2.24) is 25.1 Å². The van der Waals surface area contributed by atoms with E-state index in [0.29, 0.717) is 12.2 Å². The van der Waals surface area contributed by atoms with Crippen molar-refractivity contribution >= 4 is 5.91 Å². The molecule has 6 nitrogen and oxygen atoms in total. The van der Waals surface area contributed by atoms with E-state index in [1.54, 1.807) is 23.3 Å². The zero-order valence-corrected chi connectivity index (χ0v) is 14.4. The van der Waals surface area contributed by atoms with Gasteiger partial charge in [-0.2, -0.15) is 5.10 Å². The smallest absolute Gasteiger partial charge is 0.227 e. The number of nitrogens with one attached hydrogen (secondary N) is 1. The van der Waals surface area contributed by atoms with Gasteiger partial charge in [0.05, 0.1) is 24.4 Å². The summed E-state index contributed by atoms with van der Waals surface area (Å²) in [7, 11) is 1.86. The number of hydrogen-bond donors (Lipinski definition) is 1. The van der Waals surface area contributed by atoms with Crippen LogP contribution in [0, 0.1) is 0 Å². The molecule has 3 aromatic rings. The molecule has 0 bridgehead atoms. The first-order valence-corrected chi connectivity index (χ1v) is 8.31. The van der Waals surface area contributed by atoms with Crippen molar-refractivity contribution in [2.24, 2.45) is 7.05 Å². The standard InChI is InChI=1S/C19H21N5O/c1-3-16(14-7-5-4-6-8-14)19(25)22-12-15-11-17(23-24(15)2)18-13-20-9-10-21-18/h4-11,13,16H,3,12H2,1-2H3,(H,22,25). The van der Waals surface area contributed by atoms with Gasteiger partial charge in [0, 0.05) is 19.4 Å². The Hall–Kier alpha value is -3.02. The maximum absolute atomic E-state index is 12.6. The highest BCUT2D eigenvalue weighted by molar-refractivity contribution is 5.83. The minimum Gasteiger partial charge on any atom is -0.350 e. The molecule has 25 heavy (non-hydrogen) atoms. The van der Waals surface area contributed by atoms with Crippen LogP contribution in [0.4, 0.5) is 0 Å². The average Bonchev–Trinajstić information content (AvgIpc) is 3.03. The Bertz CT molecular complexity index is 830. The molecule has 0 saturated carbocycles. The van der Waals surface area contributed by atoms with Crippen LogP contribution in [0.3, 0.4) is 0 Å².